The van der Waals surface area contributed by atoms with Crippen molar-refractivity contribution in [1.29, 1.82) is 0 Å². The van der Waals surface area contributed by atoms with Gasteiger partial charge in [-0.15, -0.1) is 0 Å². The van der Waals surface area contributed by atoms with Crippen molar-refractivity contribution in [3.8, 4) is 0 Å². The summed E-state index contributed by atoms with van der Waals surface area (Å²) in [5.41, 5.74) is 2.81. The maximum absolute atomic E-state index is 12.9. The number of nitrogens with zero attached hydrogens (tertiary/aromatic N) is 2. The summed E-state index contributed by atoms with van der Waals surface area (Å²) < 4.78 is 5.93. The van der Waals surface area contributed by atoms with E-state index in [1.807, 2.05) is 47.4 Å². The second kappa shape index (κ2) is 7.18. The molecule has 0 aliphatic carbocycles. The number of para-hydroxylation sites is 2. The van der Waals surface area contributed by atoms with Gasteiger partial charge in [-0.05, 0) is 36.0 Å². The highest BCUT2D eigenvalue weighted by Crippen LogP contribution is 2.32. The molecular formula is C23H26N2O2. The molecular weight excluding hydrogens is 336 g/mol. The fourth-order valence-corrected chi connectivity index (χ4v) is 3.92. The third-order valence-electron chi connectivity index (χ3n) is 5.66. The first-order chi connectivity index (χ1) is 13.0. The maximum Gasteiger partial charge on any atom is 0.223 e. The number of aromatic nitrogens is 1. The molecule has 0 N–H and O–H groups in total. The van der Waals surface area contributed by atoms with Crippen molar-refractivity contribution < 1.29 is 9.21 Å². The summed E-state index contributed by atoms with van der Waals surface area (Å²) in [5.74, 6) is 1.34. The third-order valence-corrected chi connectivity index (χ3v) is 5.66. The molecule has 1 aliphatic heterocycles. The molecule has 3 aromatic rings. The fraction of sp³-hybridized carbons (Fsp3) is 0.391. The summed E-state index contributed by atoms with van der Waals surface area (Å²) in [6, 6.07) is 18.2. The number of hydrogen-bond acceptors (Lipinski definition) is 3. The zero-order valence-corrected chi connectivity index (χ0v) is 16.0. The standard InChI is InChI=1S/C23H26N2O2/c1-23(2,18-8-4-3-5-9-18)16-21(26)25-14-12-17(13-15-25)22-24-19-10-6-7-11-20(19)27-22/h3-11,17H,12-16H2,1-2H3. The number of carbonyl (C=O) groups excluding carboxylic acids is 1. The first-order valence-electron chi connectivity index (χ1n) is 9.72. The van der Waals surface area contributed by atoms with Gasteiger partial charge in [-0.1, -0.05) is 56.3 Å². The predicted molar refractivity (Wildman–Crippen MR) is 107 cm³/mol. The van der Waals surface area contributed by atoms with Crippen LogP contribution in [0.4, 0.5) is 0 Å². The third kappa shape index (κ3) is 3.75. The van der Waals surface area contributed by atoms with Gasteiger partial charge in [-0.2, -0.15) is 0 Å². The van der Waals surface area contributed by atoms with Gasteiger partial charge in [0.15, 0.2) is 11.5 Å². The number of piperidine rings is 1. The Morgan fingerprint density at radius 3 is 2.44 bits per heavy atom. The molecule has 0 radical (unpaired) electrons. The van der Waals surface area contributed by atoms with Crippen molar-refractivity contribution in [1.82, 2.24) is 9.88 Å². The van der Waals surface area contributed by atoms with Gasteiger partial charge < -0.3 is 9.32 Å². The molecule has 4 rings (SSSR count). The molecule has 4 heteroatoms. The molecule has 0 saturated carbocycles. The summed E-state index contributed by atoms with van der Waals surface area (Å²) in [5, 5.41) is 0. The first kappa shape index (κ1) is 17.8. The Labute approximate surface area is 160 Å². The van der Waals surface area contributed by atoms with Crippen LogP contribution < -0.4 is 0 Å². The number of amides is 1. The highest BCUT2D eigenvalue weighted by Gasteiger charge is 2.31. The molecule has 140 valence electrons. The van der Waals surface area contributed by atoms with Crippen LogP contribution in [0, 0.1) is 0 Å². The summed E-state index contributed by atoms with van der Waals surface area (Å²) in [6.45, 7) is 5.83. The topological polar surface area (TPSA) is 46.3 Å². The van der Waals surface area contributed by atoms with E-state index in [1.165, 1.54) is 5.56 Å². The average molecular weight is 362 g/mol. The molecule has 1 aromatic heterocycles. The highest BCUT2D eigenvalue weighted by molar-refractivity contribution is 5.78. The van der Waals surface area contributed by atoms with E-state index in [4.69, 9.17) is 4.42 Å². The van der Waals surface area contributed by atoms with Gasteiger partial charge in [0.2, 0.25) is 5.91 Å². The smallest absolute Gasteiger partial charge is 0.223 e. The molecule has 0 atom stereocenters. The zero-order chi connectivity index (χ0) is 18.9. The van der Waals surface area contributed by atoms with Crippen molar-refractivity contribution in [2.24, 2.45) is 0 Å². The van der Waals surface area contributed by atoms with Crippen LogP contribution in [0.2, 0.25) is 0 Å². The van der Waals surface area contributed by atoms with Crippen LogP contribution in [0.1, 0.15) is 50.5 Å². The first-order valence-corrected chi connectivity index (χ1v) is 9.72. The van der Waals surface area contributed by atoms with E-state index in [2.05, 4.69) is 31.0 Å². The van der Waals surface area contributed by atoms with Gasteiger partial charge in [0.05, 0.1) is 0 Å². The molecule has 0 bridgehead atoms. The van der Waals surface area contributed by atoms with Crippen molar-refractivity contribution >= 4 is 17.0 Å². The van der Waals surface area contributed by atoms with E-state index in [1.54, 1.807) is 0 Å². The Balaban J connectivity index is 1.38. The molecule has 2 aromatic carbocycles. The Morgan fingerprint density at radius 1 is 1.07 bits per heavy atom. The Morgan fingerprint density at radius 2 is 1.74 bits per heavy atom. The Bertz CT molecular complexity index is 889. The lowest BCUT2D eigenvalue weighted by atomic mass is 9.81. The lowest BCUT2D eigenvalue weighted by Crippen LogP contribution is -2.40. The van der Waals surface area contributed by atoms with Crippen LogP contribution in [0.25, 0.3) is 11.1 Å². The molecule has 1 saturated heterocycles. The van der Waals surface area contributed by atoms with E-state index in [0.717, 1.165) is 42.9 Å². The minimum absolute atomic E-state index is 0.157. The largest absolute Gasteiger partial charge is 0.440 e. The predicted octanol–water partition coefficient (Wildman–Crippen LogP) is 4.90. The minimum Gasteiger partial charge on any atom is -0.440 e. The van der Waals surface area contributed by atoms with Gasteiger partial charge in [-0.3, -0.25) is 4.79 Å². The van der Waals surface area contributed by atoms with E-state index >= 15 is 0 Å². The normalized spacial score (nSPS) is 16.0. The zero-order valence-electron chi connectivity index (χ0n) is 16.0. The van der Waals surface area contributed by atoms with Gasteiger partial charge in [0.25, 0.3) is 0 Å². The lowest BCUT2D eigenvalue weighted by molar-refractivity contribution is -0.133. The van der Waals surface area contributed by atoms with Crippen molar-refractivity contribution in [2.45, 2.75) is 44.4 Å². The van der Waals surface area contributed by atoms with E-state index in [0.29, 0.717) is 12.3 Å². The number of oxazole rings is 1. The lowest BCUT2D eigenvalue weighted by Gasteiger charge is -2.33. The fourth-order valence-electron chi connectivity index (χ4n) is 3.92. The monoisotopic (exact) mass is 362 g/mol. The summed E-state index contributed by atoms with van der Waals surface area (Å²) in [7, 11) is 0. The molecule has 27 heavy (non-hydrogen) atoms. The van der Waals surface area contributed by atoms with Crippen LogP contribution in [-0.4, -0.2) is 28.9 Å². The molecule has 4 nitrogen and oxygen atoms in total. The molecule has 0 spiro atoms. The van der Waals surface area contributed by atoms with E-state index < -0.39 is 0 Å². The average Bonchev–Trinajstić information content (AvgIpc) is 3.13. The van der Waals surface area contributed by atoms with Gasteiger partial charge in [-0.25, -0.2) is 4.98 Å². The van der Waals surface area contributed by atoms with Crippen LogP contribution in [0.5, 0.6) is 0 Å². The van der Waals surface area contributed by atoms with Crippen LogP contribution >= 0.6 is 0 Å². The Hall–Kier alpha value is -2.62. The molecule has 1 aliphatic rings. The second-order valence-electron chi connectivity index (χ2n) is 8.10. The number of fused-ring (bicyclic) bond motifs is 1. The number of carbonyl (C=O) groups is 1. The van der Waals surface area contributed by atoms with Crippen LogP contribution in [0.3, 0.4) is 0 Å². The molecule has 1 amide bonds. The quantitative estimate of drug-likeness (QED) is 0.663. The van der Waals surface area contributed by atoms with E-state index in [9.17, 15) is 4.79 Å². The number of likely N-dealkylation sites (tertiary alicyclic amines) is 1. The van der Waals surface area contributed by atoms with Gasteiger partial charge in [0, 0.05) is 25.4 Å². The number of hydrogen-bond donors (Lipinski definition) is 0. The van der Waals surface area contributed by atoms with Gasteiger partial charge in [0.1, 0.15) is 5.52 Å². The summed E-state index contributed by atoms with van der Waals surface area (Å²) in [6.07, 6.45) is 2.35. The Kier molecular flexibility index (Phi) is 4.73. The second-order valence-corrected chi connectivity index (χ2v) is 8.10. The van der Waals surface area contributed by atoms with E-state index in [-0.39, 0.29) is 11.3 Å². The SMILES string of the molecule is CC(C)(CC(=O)N1CCC(c2nc3ccccc3o2)CC1)c1ccccc1. The molecule has 1 fully saturated rings. The molecule has 2 heterocycles. The maximum atomic E-state index is 12.9. The minimum atomic E-state index is -0.157. The van der Waals surface area contributed by atoms with Crippen molar-refractivity contribution in [3.05, 3.63) is 66.1 Å². The highest BCUT2D eigenvalue weighted by atomic mass is 16.3. The number of benzene rings is 2. The van der Waals surface area contributed by atoms with Crippen LogP contribution in [0.15, 0.2) is 59.0 Å². The van der Waals surface area contributed by atoms with Gasteiger partial charge >= 0.3 is 0 Å². The van der Waals surface area contributed by atoms with Crippen molar-refractivity contribution in [2.75, 3.05) is 13.1 Å². The van der Waals surface area contributed by atoms with Crippen molar-refractivity contribution in [3.63, 3.8) is 0 Å². The summed E-state index contributed by atoms with van der Waals surface area (Å²) in [4.78, 5) is 19.5. The summed E-state index contributed by atoms with van der Waals surface area (Å²) >= 11 is 0. The van der Waals surface area contributed by atoms with Crippen LogP contribution in [-0.2, 0) is 10.2 Å². The number of rotatable bonds is 4. The molecule has 0 unspecified atom stereocenters.